The van der Waals surface area contributed by atoms with E-state index in [2.05, 4.69) is 22.5 Å². The van der Waals surface area contributed by atoms with Gasteiger partial charge in [0.25, 0.3) is 5.91 Å². The smallest absolute Gasteiger partial charge is 0.252 e. The largest absolute Gasteiger partial charge is 0.370 e. The fraction of sp³-hybridized carbons (Fsp3) is 0.533. The quantitative estimate of drug-likeness (QED) is 0.708. The van der Waals surface area contributed by atoms with Crippen molar-refractivity contribution in [3.8, 4) is 0 Å². The van der Waals surface area contributed by atoms with Crippen molar-refractivity contribution in [1.29, 1.82) is 0 Å². The van der Waals surface area contributed by atoms with Crippen LogP contribution in [0.3, 0.4) is 0 Å². The van der Waals surface area contributed by atoms with E-state index in [1.807, 2.05) is 6.92 Å². The molecule has 1 heterocycles. The second kappa shape index (κ2) is 7.06. The molecular weight excluding hydrogens is 268 g/mol. The summed E-state index contributed by atoms with van der Waals surface area (Å²) in [6.07, 6.45) is 1.69. The average Bonchev–Trinajstić information content (AvgIpc) is 2.44. The van der Waals surface area contributed by atoms with Crippen LogP contribution in [-0.4, -0.2) is 28.9 Å². The molecule has 1 aromatic heterocycles. The molecule has 0 aliphatic rings. The lowest BCUT2D eigenvalue weighted by Gasteiger charge is -2.22. The Hall–Kier alpha value is -2.11. The van der Waals surface area contributed by atoms with E-state index in [9.17, 15) is 9.59 Å². The molecule has 1 aromatic rings. The second-order valence-corrected chi connectivity index (χ2v) is 5.46. The van der Waals surface area contributed by atoms with Gasteiger partial charge in [0.15, 0.2) is 0 Å². The number of primary amides is 1. The molecule has 0 saturated heterocycles. The molecular formula is C15H24N4O2. The Balaban J connectivity index is 3.00. The molecule has 0 fully saturated rings. The van der Waals surface area contributed by atoms with Crippen molar-refractivity contribution in [1.82, 2.24) is 10.3 Å². The molecule has 4 N–H and O–H groups in total. The first-order valence-corrected chi connectivity index (χ1v) is 7.17. The first kappa shape index (κ1) is 16.9. The van der Waals surface area contributed by atoms with Gasteiger partial charge in [-0.3, -0.25) is 9.59 Å². The van der Waals surface area contributed by atoms with Crippen LogP contribution in [0.1, 0.15) is 50.2 Å². The molecule has 2 amide bonds. The van der Waals surface area contributed by atoms with E-state index in [4.69, 9.17) is 5.73 Å². The monoisotopic (exact) mass is 292 g/mol. The minimum atomic E-state index is -1.09. The summed E-state index contributed by atoms with van der Waals surface area (Å²) in [5.41, 5.74) is 5.46. The van der Waals surface area contributed by atoms with Gasteiger partial charge in [0, 0.05) is 17.8 Å². The number of rotatable bonds is 7. The summed E-state index contributed by atoms with van der Waals surface area (Å²) < 4.78 is 0. The van der Waals surface area contributed by atoms with Crippen LogP contribution in [0.2, 0.25) is 0 Å². The number of aryl methyl sites for hydroxylation is 1. The fourth-order valence-electron chi connectivity index (χ4n) is 1.66. The summed E-state index contributed by atoms with van der Waals surface area (Å²) >= 11 is 0. The lowest BCUT2D eigenvalue weighted by molar-refractivity contribution is -0.122. The maximum atomic E-state index is 12.3. The number of nitrogens with two attached hydrogens (primary N) is 1. The van der Waals surface area contributed by atoms with E-state index in [1.165, 1.54) is 0 Å². The Kier molecular flexibility index (Phi) is 5.69. The molecule has 0 radical (unpaired) electrons. The summed E-state index contributed by atoms with van der Waals surface area (Å²) in [5, 5.41) is 5.80. The van der Waals surface area contributed by atoms with Crippen LogP contribution in [0.5, 0.6) is 0 Å². The zero-order valence-corrected chi connectivity index (χ0v) is 13.1. The van der Waals surface area contributed by atoms with Crippen molar-refractivity contribution in [2.24, 2.45) is 5.73 Å². The van der Waals surface area contributed by atoms with Gasteiger partial charge in [-0.05, 0) is 38.8 Å². The average molecular weight is 292 g/mol. The van der Waals surface area contributed by atoms with Crippen molar-refractivity contribution >= 4 is 17.6 Å². The highest BCUT2D eigenvalue weighted by atomic mass is 16.2. The molecule has 0 bridgehead atoms. The number of carbonyl (C=O) groups is 2. The maximum Gasteiger partial charge on any atom is 0.252 e. The number of hydrogen-bond donors (Lipinski definition) is 3. The molecule has 116 valence electrons. The summed E-state index contributed by atoms with van der Waals surface area (Å²) in [6, 6.07) is 3.41. The third-order valence-electron chi connectivity index (χ3n) is 3.10. The van der Waals surface area contributed by atoms with E-state index in [0.29, 0.717) is 11.4 Å². The van der Waals surface area contributed by atoms with Gasteiger partial charge in [-0.25, -0.2) is 4.98 Å². The summed E-state index contributed by atoms with van der Waals surface area (Å²) in [4.78, 5) is 28.0. The SMILES string of the molecule is CCCNc1cc(C(=O)NC(C)(C)C(N)=O)cc(CC)n1. The Morgan fingerprint density at radius 3 is 2.48 bits per heavy atom. The number of nitrogens with zero attached hydrogens (tertiary/aromatic N) is 1. The van der Waals surface area contributed by atoms with Gasteiger partial charge >= 0.3 is 0 Å². The van der Waals surface area contributed by atoms with E-state index in [-0.39, 0.29) is 5.91 Å². The minimum Gasteiger partial charge on any atom is -0.370 e. The van der Waals surface area contributed by atoms with E-state index in [1.54, 1.807) is 26.0 Å². The maximum absolute atomic E-state index is 12.3. The number of pyridine rings is 1. The van der Waals surface area contributed by atoms with Crippen LogP contribution in [0, 0.1) is 0 Å². The Morgan fingerprint density at radius 2 is 1.95 bits per heavy atom. The van der Waals surface area contributed by atoms with Crippen LogP contribution >= 0.6 is 0 Å². The van der Waals surface area contributed by atoms with Crippen LogP contribution in [0.4, 0.5) is 5.82 Å². The molecule has 0 aromatic carbocycles. The van der Waals surface area contributed by atoms with Gasteiger partial charge in [0.1, 0.15) is 11.4 Å². The number of carbonyl (C=O) groups excluding carboxylic acids is 2. The Labute approximate surface area is 125 Å². The van der Waals surface area contributed by atoms with Crippen LogP contribution in [0.15, 0.2) is 12.1 Å². The molecule has 0 spiro atoms. The summed E-state index contributed by atoms with van der Waals surface area (Å²) in [7, 11) is 0. The minimum absolute atomic E-state index is 0.338. The molecule has 0 aliphatic heterocycles. The summed E-state index contributed by atoms with van der Waals surface area (Å²) in [6.45, 7) is 7.96. The van der Waals surface area contributed by atoms with Crippen molar-refractivity contribution in [2.45, 2.75) is 46.1 Å². The Bertz CT molecular complexity index is 526. The molecule has 21 heavy (non-hydrogen) atoms. The fourth-order valence-corrected chi connectivity index (χ4v) is 1.66. The van der Waals surface area contributed by atoms with Crippen LogP contribution < -0.4 is 16.4 Å². The van der Waals surface area contributed by atoms with Gasteiger partial charge in [0.2, 0.25) is 5.91 Å². The van der Waals surface area contributed by atoms with Gasteiger partial charge in [-0.1, -0.05) is 13.8 Å². The van der Waals surface area contributed by atoms with E-state index in [0.717, 1.165) is 25.1 Å². The van der Waals surface area contributed by atoms with Gasteiger partial charge in [0.05, 0.1) is 0 Å². The topological polar surface area (TPSA) is 97.1 Å². The second-order valence-electron chi connectivity index (χ2n) is 5.46. The third kappa shape index (κ3) is 4.73. The lowest BCUT2D eigenvalue weighted by Crippen LogP contribution is -2.53. The number of amides is 2. The highest BCUT2D eigenvalue weighted by Gasteiger charge is 2.27. The first-order chi connectivity index (χ1) is 9.80. The predicted molar refractivity (Wildman–Crippen MR) is 83.1 cm³/mol. The molecule has 0 saturated carbocycles. The molecule has 6 nitrogen and oxygen atoms in total. The van der Waals surface area contributed by atoms with Crippen molar-refractivity contribution in [2.75, 3.05) is 11.9 Å². The zero-order valence-electron chi connectivity index (χ0n) is 13.1. The molecule has 6 heteroatoms. The normalized spacial score (nSPS) is 11.0. The molecule has 1 rings (SSSR count). The molecule has 0 atom stereocenters. The van der Waals surface area contributed by atoms with Crippen molar-refractivity contribution < 1.29 is 9.59 Å². The standard InChI is InChI=1S/C15H24N4O2/c1-5-7-17-12-9-10(8-11(6-2)18-12)13(20)19-15(3,4)14(16)21/h8-9H,5-7H2,1-4H3,(H2,16,21)(H,17,18)(H,19,20). The highest BCUT2D eigenvalue weighted by Crippen LogP contribution is 2.13. The zero-order chi connectivity index (χ0) is 16.0. The first-order valence-electron chi connectivity index (χ1n) is 7.17. The van der Waals surface area contributed by atoms with Gasteiger partial charge < -0.3 is 16.4 Å². The van der Waals surface area contributed by atoms with Crippen LogP contribution in [0.25, 0.3) is 0 Å². The number of aromatic nitrogens is 1. The number of anilines is 1. The molecule has 0 aliphatic carbocycles. The number of nitrogens with one attached hydrogen (secondary N) is 2. The lowest BCUT2D eigenvalue weighted by atomic mass is 10.0. The highest BCUT2D eigenvalue weighted by molar-refractivity contribution is 5.99. The van der Waals surface area contributed by atoms with Crippen LogP contribution in [-0.2, 0) is 11.2 Å². The predicted octanol–water partition coefficient (Wildman–Crippen LogP) is 1.46. The van der Waals surface area contributed by atoms with E-state index >= 15 is 0 Å². The summed E-state index contributed by atoms with van der Waals surface area (Å²) in [5.74, 6) is -0.251. The third-order valence-corrected chi connectivity index (χ3v) is 3.10. The Morgan fingerprint density at radius 1 is 1.29 bits per heavy atom. The van der Waals surface area contributed by atoms with E-state index < -0.39 is 11.4 Å². The molecule has 0 unspecified atom stereocenters. The van der Waals surface area contributed by atoms with Gasteiger partial charge in [-0.15, -0.1) is 0 Å². The van der Waals surface area contributed by atoms with Crippen molar-refractivity contribution in [3.05, 3.63) is 23.4 Å². The number of hydrogen-bond acceptors (Lipinski definition) is 4. The van der Waals surface area contributed by atoms with Gasteiger partial charge in [-0.2, -0.15) is 0 Å². The van der Waals surface area contributed by atoms with Crippen molar-refractivity contribution in [3.63, 3.8) is 0 Å².